The monoisotopic (exact) mass is 125 g/mol. The molecular weight excluding hydrogens is 110 g/mol. The molecule has 0 fully saturated rings. The summed E-state index contributed by atoms with van der Waals surface area (Å²) in [6.07, 6.45) is 3.98. The molecule has 0 unspecified atom stereocenters. The highest BCUT2D eigenvalue weighted by atomic mass is 15.1. The van der Waals surface area contributed by atoms with Gasteiger partial charge in [-0.1, -0.05) is 12.2 Å². The summed E-state index contributed by atoms with van der Waals surface area (Å²) in [5, 5.41) is 0. The Bertz CT molecular complexity index is 114. The van der Waals surface area contributed by atoms with E-state index in [1.165, 1.54) is 5.70 Å². The summed E-state index contributed by atoms with van der Waals surface area (Å²) in [7, 11) is 2.05. The Hall–Kier alpha value is -0.720. The predicted octanol–water partition coefficient (Wildman–Crippen LogP) is 2.03. The van der Waals surface area contributed by atoms with E-state index in [-0.39, 0.29) is 0 Å². The number of allylic oxidation sites excluding steroid dienone is 2. The molecule has 0 aliphatic rings. The van der Waals surface area contributed by atoms with Crippen LogP contribution in [0.3, 0.4) is 0 Å². The number of likely N-dealkylation sites (N-methyl/N-ethyl adjacent to an activating group) is 1. The van der Waals surface area contributed by atoms with Crippen LogP contribution in [0.2, 0.25) is 0 Å². The fraction of sp³-hybridized carbons (Fsp3) is 0.500. The van der Waals surface area contributed by atoms with E-state index in [1.54, 1.807) is 0 Å². The first kappa shape index (κ1) is 8.28. The van der Waals surface area contributed by atoms with Crippen LogP contribution in [0.4, 0.5) is 0 Å². The molecule has 0 heterocycles. The summed E-state index contributed by atoms with van der Waals surface area (Å²) >= 11 is 0. The van der Waals surface area contributed by atoms with Crippen LogP contribution in [0.5, 0.6) is 0 Å². The molecule has 52 valence electrons. The predicted molar refractivity (Wildman–Crippen MR) is 42.3 cm³/mol. The highest BCUT2D eigenvalue weighted by Crippen LogP contribution is 1.97. The summed E-state index contributed by atoms with van der Waals surface area (Å²) in [5.41, 5.74) is 1.29. The second-order valence-electron chi connectivity index (χ2n) is 2.10. The molecule has 0 bridgehead atoms. The lowest BCUT2D eigenvalue weighted by Gasteiger charge is -2.16. The van der Waals surface area contributed by atoms with E-state index >= 15 is 0 Å². The molecule has 0 aromatic rings. The van der Waals surface area contributed by atoms with Crippen molar-refractivity contribution in [1.82, 2.24) is 4.90 Å². The zero-order valence-corrected chi connectivity index (χ0v) is 6.52. The summed E-state index contributed by atoms with van der Waals surface area (Å²) in [5.74, 6) is 0. The Kier molecular flexibility index (Phi) is 3.85. The van der Waals surface area contributed by atoms with Crippen LogP contribution in [-0.2, 0) is 0 Å². The third kappa shape index (κ3) is 2.96. The van der Waals surface area contributed by atoms with Crippen molar-refractivity contribution >= 4 is 0 Å². The molecule has 0 saturated heterocycles. The van der Waals surface area contributed by atoms with Crippen molar-refractivity contribution in [3.63, 3.8) is 0 Å². The number of nitrogens with zero attached hydrogens (tertiary/aromatic N) is 1. The zero-order valence-electron chi connectivity index (χ0n) is 6.52. The molecule has 0 radical (unpaired) electrons. The van der Waals surface area contributed by atoms with Crippen molar-refractivity contribution in [2.24, 2.45) is 0 Å². The molecule has 1 heteroatoms. The lowest BCUT2D eigenvalue weighted by molar-refractivity contribution is 0.465. The summed E-state index contributed by atoms with van der Waals surface area (Å²) in [6, 6.07) is 0. The first-order chi connectivity index (χ1) is 4.22. The van der Waals surface area contributed by atoms with Crippen molar-refractivity contribution in [1.29, 1.82) is 0 Å². The fourth-order valence-electron chi connectivity index (χ4n) is 0.558. The average molecular weight is 125 g/mol. The molecule has 0 aromatic carbocycles. The minimum atomic E-state index is 0.927. The Balaban J connectivity index is 3.72. The van der Waals surface area contributed by atoms with E-state index in [0.29, 0.717) is 0 Å². The molecule has 9 heavy (non-hydrogen) atoms. The zero-order chi connectivity index (χ0) is 7.28. The number of rotatable bonds is 3. The van der Waals surface area contributed by atoms with Crippen molar-refractivity contribution in [2.45, 2.75) is 13.8 Å². The SMILES string of the molecule is C=CCN(C)/C(C)=C/C. The van der Waals surface area contributed by atoms with Crippen LogP contribution in [-0.4, -0.2) is 18.5 Å². The van der Waals surface area contributed by atoms with Gasteiger partial charge in [0.2, 0.25) is 0 Å². The van der Waals surface area contributed by atoms with Gasteiger partial charge in [0.05, 0.1) is 0 Å². The molecule has 0 spiro atoms. The molecule has 0 atom stereocenters. The highest BCUT2D eigenvalue weighted by molar-refractivity contribution is 4.95. The standard InChI is InChI=1S/C8H15N/c1-5-7-9(4)8(3)6-2/h5-6H,1,7H2,2-4H3/b8-6+. The van der Waals surface area contributed by atoms with Crippen LogP contribution in [0.15, 0.2) is 24.4 Å². The van der Waals surface area contributed by atoms with Crippen molar-refractivity contribution in [3.05, 3.63) is 24.4 Å². The van der Waals surface area contributed by atoms with Crippen LogP contribution in [0, 0.1) is 0 Å². The smallest absolute Gasteiger partial charge is 0.0350 e. The van der Waals surface area contributed by atoms with Crippen LogP contribution in [0.1, 0.15) is 13.8 Å². The molecule has 0 saturated carbocycles. The minimum absolute atomic E-state index is 0.927. The van der Waals surface area contributed by atoms with Crippen molar-refractivity contribution in [3.8, 4) is 0 Å². The maximum atomic E-state index is 3.65. The average Bonchev–Trinajstić information content (AvgIpc) is 1.87. The van der Waals surface area contributed by atoms with E-state index in [4.69, 9.17) is 0 Å². The van der Waals surface area contributed by atoms with Gasteiger partial charge in [0.25, 0.3) is 0 Å². The third-order valence-corrected chi connectivity index (χ3v) is 1.42. The quantitative estimate of drug-likeness (QED) is 0.522. The van der Waals surface area contributed by atoms with Gasteiger partial charge in [-0.2, -0.15) is 0 Å². The second kappa shape index (κ2) is 4.19. The minimum Gasteiger partial charge on any atom is -0.375 e. The lowest BCUT2D eigenvalue weighted by Crippen LogP contribution is -2.14. The maximum absolute atomic E-state index is 3.65. The molecule has 0 N–H and O–H groups in total. The maximum Gasteiger partial charge on any atom is 0.0350 e. The Morgan fingerprint density at radius 3 is 2.56 bits per heavy atom. The van der Waals surface area contributed by atoms with Gasteiger partial charge in [0, 0.05) is 19.3 Å². The van der Waals surface area contributed by atoms with E-state index in [0.717, 1.165) is 6.54 Å². The molecule has 0 amide bonds. The van der Waals surface area contributed by atoms with Gasteiger partial charge in [-0.25, -0.2) is 0 Å². The molecular formula is C8H15N. The Morgan fingerprint density at radius 2 is 2.22 bits per heavy atom. The Morgan fingerprint density at radius 1 is 1.67 bits per heavy atom. The molecule has 0 aliphatic heterocycles. The van der Waals surface area contributed by atoms with E-state index < -0.39 is 0 Å². The fourth-order valence-corrected chi connectivity index (χ4v) is 0.558. The van der Waals surface area contributed by atoms with Gasteiger partial charge in [-0.15, -0.1) is 6.58 Å². The second-order valence-corrected chi connectivity index (χ2v) is 2.10. The number of hydrogen-bond donors (Lipinski definition) is 0. The largest absolute Gasteiger partial charge is 0.375 e. The first-order valence-corrected chi connectivity index (χ1v) is 3.17. The number of hydrogen-bond acceptors (Lipinski definition) is 1. The molecule has 1 nitrogen and oxygen atoms in total. The summed E-state index contributed by atoms with van der Waals surface area (Å²) in [4.78, 5) is 2.15. The van der Waals surface area contributed by atoms with Gasteiger partial charge >= 0.3 is 0 Å². The van der Waals surface area contributed by atoms with E-state index in [1.807, 2.05) is 13.0 Å². The van der Waals surface area contributed by atoms with Gasteiger partial charge in [-0.05, 0) is 13.8 Å². The topological polar surface area (TPSA) is 3.24 Å². The third-order valence-electron chi connectivity index (χ3n) is 1.42. The van der Waals surface area contributed by atoms with Gasteiger partial charge in [0.15, 0.2) is 0 Å². The summed E-state index contributed by atoms with van der Waals surface area (Å²) in [6.45, 7) is 8.70. The van der Waals surface area contributed by atoms with Gasteiger partial charge in [0.1, 0.15) is 0 Å². The molecule has 0 aliphatic carbocycles. The normalized spacial score (nSPS) is 11.2. The molecule has 0 aromatic heterocycles. The van der Waals surface area contributed by atoms with Crippen LogP contribution >= 0.6 is 0 Å². The van der Waals surface area contributed by atoms with Crippen molar-refractivity contribution in [2.75, 3.05) is 13.6 Å². The van der Waals surface area contributed by atoms with Gasteiger partial charge in [-0.3, -0.25) is 0 Å². The molecule has 0 rings (SSSR count). The summed E-state index contributed by atoms with van der Waals surface area (Å²) < 4.78 is 0. The van der Waals surface area contributed by atoms with E-state index in [2.05, 4.69) is 31.5 Å². The van der Waals surface area contributed by atoms with Crippen LogP contribution < -0.4 is 0 Å². The van der Waals surface area contributed by atoms with Crippen molar-refractivity contribution < 1.29 is 0 Å². The van der Waals surface area contributed by atoms with Gasteiger partial charge < -0.3 is 4.90 Å². The Labute approximate surface area is 57.7 Å². The first-order valence-electron chi connectivity index (χ1n) is 3.17. The van der Waals surface area contributed by atoms with Crippen LogP contribution in [0.25, 0.3) is 0 Å². The lowest BCUT2D eigenvalue weighted by atomic mass is 10.4. The highest BCUT2D eigenvalue weighted by Gasteiger charge is 1.90. The van der Waals surface area contributed by atoms with E-state index in [9.17, 15) is 0 Å².